The molecule has 80 valence electrons. The molecule has 0 aromatic heterocycles. The van der Waals surface area contributed by atoms with E-state index in [9.17, 15) is 0 Å². The van der Waals surface area contributed by atoms with Gasteiger partial charge in [-0.2, -0.15) is 0 Å². The molecule has 0 aliphatic rings. The highest BCUT2D eigenvalue weighted by Crippen LogP contribution is 2.24. The second-order valence-electron chi connectivity index (χ2n) is 4.00. The lowest BCUT2D eigenvalue weighted by Crippen LogP contribution is -1.79. The van der Waals surface area contributed by atoms with Crippen molar-refractivity contribution in [3.63, 3.8) is 0 Å². The van der Waals surface area contributed by atoms with Crippen LogP contribution in [-0.4, -0.2) is 0 Å². The lowest BCUT2D eigenvalue weighted by Gasteiger charge is -2.04. The molecule has 3 aromatic carbocycles. The van der Waals surface area contributed by atoms with Crippen molar-refractivity contribution in [3.05, 3.63) is 60.2 Å². The summed E-state index contributed by atoms with van der Waals surface area (Å²) >= 11 is 0. The molecule has 0 N–H and O–H groups in total. The van der Waals surface area contributed by atoms with Crippen molar-refractivity contribution in [1.29, 1.82) is 0 Å². The van der Waals surface area contributed by atoms with Gasteiger partial charge in [0.25, 0.3) is 0 Å². The van der Waals surface area contributed by atoms with Gasteiger partial charge in [0, 0.05) is 0 Å². The summed E-state index contributed by atoms with van der Waals surface area (Å²) in [6, 6.07) is 19.5. The molecule has 3 rings (SSSR count). The molecular formula is C16H16. The minimum atomic E-state index is 0. The third-order valence-corrected chi connectivity index (χ3v) is 2.96. The van der Waals surface area contributed by atoms with E-state index in [0.29, 0.717) is 0 Å². The number of hydrogen-bond acceptors (Lipinski definition) is 0. The first-order valence-corrected chi connectivity index (χ1v) is 5.23. The Morgan fingerprint density at radius 2 is 1.31 bits per heavy atom. The SMILES string of the molecule is C.Cc1cccc2cc3ccccc3cc12. The fourth-order valence-corrected chi connectivity index (χ4v) is 2.12. The first-order chi connectivity index (χ1) is 7.34. The number of fused-ring (bicyclic) bond motifs is 2. The van der Waals surface area contributed by atoms with Crippen LogP contribution < -0.4 is 0 Å². The van der Waals surface area contributed by atoms with Gasteiger partial charge in [0.15, 0.2) is 0 Å². The summed E-state index contributed by atoms with van der Waals surface area (Å²) in [5, 5.41) is 5.32. The maximum atomic E-state index is 2.28. The lowest BCUT2D eigenvalue weighted by molar-refractivity contribution is 1.54. The fraction of sp³-hybridized carbons (Fsp3) is 0.125. The predicted molar refractivity (Wildman–Crippen MR) is 72.9 cm³/mol. The summed E-state index contributed by atoms with van der Waals surface area (Å²) in [6.07, 6.45) is 0. The predicted octanol–water partition coefficient (Wildman–Crippen LogP) is 4.94. The van der Waals surface area contributed by atoms with E-state index in [2.05, 4.69) is 61.5 Å². The number of aryl methyl sites for hydroxylation is 1. The second-order valence-corrected chi connectivity index (χ2v) is 4.00. The molecule has 0 amide bonds. The van der Waals surface area contributed by atoms with Crippen molar-refractivity contribution < 1.29 is 0 Å². The van der Waals surface area contributed by atoms with E-state index < -0.39 is 0 Å². The molecule has 0 fully saturated rings. The van der Waals surface area contributed by atoms with Crippen LogP contribution in [0.15, 0.2) is 54.6 Å². The van der Waals surface area contributed by atoms with Crippen LogP contribution in [0.4, 0.5) is 0 Å². The van der Waals surface area contributed by atoms with Crippen molar-refractivity contribution >= 4 is 21.5 Å². The van der Waals surface area contributed by atoms with Crippen molar-refractivity contribution in [2.75, 3.05) is 0 Å². The Hall–Kier alpha value is -1.82. The highest BCUT2D eigenvalue weighted by atomic mass is 14.0. The molecule has 0 atom stereocenters. The Bertz CT molecular complexity index is 636. The van der Waals surface area contributed by atoms with E-state index in [1.807, 2.05) is 0 Å². The van der Waals surface area contributed by atoms with Crippen LogP contribution in [0.2, 0.25) is 0 Å². The van der Waals surface area contributed by atoms with E-state index >= 15 is 0 Å². The highest BCUT2D eigenvalue weighted by molar-refractivity contribution is 5.99. The molecule has 0 radical (unpaired) electrons. The first kappa shape index (κ1) is 10.7. The van der Waals surface area contributed by atoms with Gasteiger partial charge in [-0.15, -0.1) is 0 Å². The quantitative estimate of drug-likeness (QED) is 0.459. The maximum absolute atomic E-state index is 2.28. The van der Waals surface area contributed by atoms with Crippen molar-refractivity contribution in [2.24, 2.45) is 0 Å². The molecule has 0 unspecified atom stereocenters. The normalized spacial score (nSPS) is 10.3. The minimum Gasteiger partial charge on any atom is -0.0776 e. The van der Waals surface area contributed by atoms with Crippen LogP contribution in [-0.2, 0) is 0 Å². The summed E-state index contributed by atoms with van der Waals surface area (Å²) in [7, 11) is 0. The summed E-state index contributed by atoms with van der Waals surface area (Å²) in [5.74, 6) is 0. The average molecular weight is 208 g/mol. The van der Waals surface area contributed by atoms with Gasteiger partial charge in [-0.05, 0) is 46.2 Å². The van der Waals surface area contributed by atoms with Crippen LogP contribution in [0.5, 0.6) is 0 Å². The van der Waals surface area contributed by atoms with Crippen LogP contribution in [0.3, 0.4) is 0 Å². The van der Waals surface area contributed by atoms with Gasteiger partial charge in [-0.25, -0.2) is 0 Å². The lowest BCUT2D eigenvalue weighted by atomic mass is 10.0. The second kappa shape index (κ2) is 3.97. The molecule has 0 saturated heterocycles. The third-order valence-electron chi connectivity index (χ3n) is 2.96. The summed E-state index contributed by atoms with van der Waals surface area (Å²) in [5.41, 5.74) is 1.35. The number of benzene rings is 3. The van der Waals surface area contributed by atoms with Crippen LogP contribution in [0.25, 0.3) is 21.5 Å². The monoisotopic (exact) mass is 208 g/mol. The van der Waals surface area contributed by atoms with Crippen LogP contribution >= 0.6 is 0 Å². The van der Waals surface area contributed by atoms with Crippen molar-refractivity contribution in [1.82, 2.24) is 0 Å². The van der Waals surface area contributed by atoms with Gasteiger partial charge in [-0.3, -0.25) is 0 Å². The third kappa shape index (κ3) is 1.57. The molecule has 3 aromatic rings. The molecule has 0 bridgehead atoms. The summed E-state index contributed by atoms with van der Waals surface area (Å²) in [6.45, 7) is 2.16. The zero-order chi connectivity index (χ0) is 10.3. The van der Waals surface area contributed by atoms with E-state index in [0.717, 1.165) is 0 Å². The molecular weight excluding hydrogens is 192 g/mol. The standard InChI is InChI=1S/C15H12.CH4/c1-11-5-4-8-14-9-12-6-2-3-7-13(12)10-15(11)14;/h2-10H,1H3;1H4. The van der Waals surface area contributed by atoms with Gasteiger partial charge < -0.3 is 0 Å². The first-order valence-electron chi connectivity index (χ1n) is 5.23. The van der Waals surface area contributed by atoms with Gasteiger partial charge in [-0.1, -0.05) is 49.9 Å². The number of rotatable bonds is 0. The highest BCUT2D eigenvalue weighted by Gasteiger charge is 1.98. The Labute approximate surface area is 96.5 Å². The van der Waals surface area contributed by atoms with Crippen molar-refractivity contribution in [2.45, 2.75) is 14.4 Å². The smallest absolute Gasteiger partial charge is 0.0148 e. The van der Waals surface area contributed by atoms with E-state index in [-0.39, 0.29) is 7.43 Å². The molecule has 0 heteroatoms. The summed E-state index contributed by atoms with van der Waals surface area (Å²) in [4.78, 5) is 0. The zero-order valence-corrected chi connectivity index (χ0v) is 8.70. The molecule has 16 heavy (non-hydrogen) atoms. The molecule has 0 saturated carbocycles. The van der Waals surface area contributed by atoms with Crippen molar-refractivity contribution in [3.8, 4) is 0 Å². The zero-order valence-electron chi connectivity index (χ0n) is 8.70. The fourth-order valence-electron chi connectivity index (χ4n) is 2.12. The van der Waals surface area contributed by atoms with E-state index in [4.69, 9.17) is 0 Å². The van der Waals surface area contributed by atoms with Crippen LogP contribution in [0.1, 0.15) is 13.0 Å². The molecule has 0 spiro atoms. The largest absolute Gasteiger partial charge is 0.0776 e. The molecule has 0 nitrogen and oxygen atoms in total. The van der Waals surface area contributed by atoms with Gasteiger partial charge in [0.2, 0.25) is 0 Å². The Balaban J connectivity index is 0.000000963. The Morgan fingerprint density at radius 3 is 2.06 bits per heavy atom. The molecule has 0 aliphatic heterocycles. The van der Waals surface area contributed by atoms with E-state index in [1.165, 1.54) is 27.1 Å². The Morgan fingerprint density at radius 1 is 0.688 bits per heavy atom. The summed E-state index contributed by atoms with van der Waals surface area (Å²) < 4.78 is 0. The van der Waals surface area contributed by atoms with E-state index in [1.54, 1.807) is 0 Å². The number of hydrogen-bond donors (Lipinski definition) is 0. The van der Waals surface area contributed by atoms with Gasteiger partial charge >= 0.3 is 0 Å². The minimum absolute atomic E-state index is 0. The molecule has 0 heterocycles. The van der Waals surface area contributed by atoms with Gasteiger partial charge in [0.05, 0.1) is 0 Å². The van der Waals surface area contributed by atoms with Crippen LogP contribution in [0, 0.1) is 6.92 Å². The van der Waals surface area contributed by atoms with Gasteiger partial charge in [0.1, 0.15) is 0 Å². The average Bonchev–Trinajstić information content (AvgIpc) is 2.27. The Kier molecular flexibility index (Phi) is 2.66. The maximum Gasteiger partial charge on any atom is -0.0148 e. The topological polar surface area (TPSA) is 0 Å². The molecule has 0 aliphatic carbocycles.